The van der Waals surface area contributed by atoms with Gasteiger partial charge in [-0.25, -0.2) is 0 Å². The van der Waals surface area contributed by atoms with Crippen LogP contribution in [0.1, 0.15) is 43.6 Å². The molecule has 5 heteroatoms. The van der Waals surface area contributed by atoms with Crippen LogP contribution in [0.5, 0.6) is 0 Å². The zero-order valence-corrected chi connectivity index (χ0v) is 20.0. The van der Waals surface area contributed by atoms with Crippen molar-refractivity contribution in [3.63, 3.8) is 0 Å². The molecular formula is C26H33N2O2P. The number of rotatable bonds is 9. The van der Waals surface area contributed by atoms with Crippen molar-refractivity contribution in [1.82, 2.24) is 0 Å². The minimum absolute atomic E-state index is 0.365. The Morgan fingerprint density at radius 1 is 0.871 bits per heavy atom. The average Bonchev–Trinajstić information content (AvgIpc) is 2.78. The van der Waals surface area contributed by atoms with Gasteiger partial charge in [0, 0.05) is 30.8 Å². The normalized spacial score (nSPS) is 14.1. The van der Waals surface area contributed by atoms with Crippen molar-refractivity contribution < 1.29 is 9.09 Å². The molecule has 3 rings (SSSR count). The molecule has 0 aliphatic rings. The highest BCUT2D eigenvalue weighted by atomic mass is 31.2. The van der Waals surface area contributed by atoms with E-state index in [0.717, 1.165) is 16.9 Å². The third kappa shape index (κ3) is 5.39. The van der Waals surface area contributed by atoms with Crippen LogP contribution in [0.3, 0.4) is 0 Å². The fourth-order valence-corrected chi connectivity index (χ4v) is 6.00. The molecule has 0 spiro atoms. The summed E-state index contributed by atoms with van der Waals surface area (Å²) in [7, 11) is 0.699. The Labute approximate surface area is 186 Å². The van der Waals surface area contributed by atoms with Gasteiger partial charge in [0.1, 0.15) is 5.78 Å². The fraction of sp³-hybridized carbons (Fsp3) is 0.308. The monoisotopic (exact) mass is 436 g/mol. The predicted molar refractivity (Wildman–Crippen MR) is 133 cm³/mol. The molecule has 4 nitrogen and oxygen atoms in total. The maximum absolute atomic E-state index is 14.5. The minimum Gasteiger partial charge on any atom is -0.378 e. The van der Waals surface area contributed by atoms with Crippen molar-refractivity contribution in [3.8, 4) is 0 Å². The van der Waals surface area contributed by atoms with Gasteiger partial charge >= 0.3 is 0 Å². The van der Waals surface area contributed by atoms with Crippen LogP contribution in [-0.2, 0) is 9.09 Å². The number of hydrogen-bond donors (Lipinski definition) is 1. The number of anilines is 2. The molecule has 3 aromatic carbocycles. The van der Waals surface area contributed by atoms with Crippen LogP contribution < -0.4 is 15.5 Å². The standard InChI is InChI=1S/C26H33N2O2P/c1-6-30-31(29,25-18-16-24(17-19-25)28(4)5)26(27-23-10-8-7-9-11-23)22-14-12-21(13-15-22)20(2)3/h7-20,26-27H,6H2,1-5H3/t26-,31-/m0/s1. The molecule has 0 unspecified atom stereocenters. The van der Waals surface area contributed by atoms with Crippen molar-refractivity contribution in [1.29, 1.82) is 0 Å². The van der Waals surface area contributed by atoms with Crippen LogP contribution in [-0.4, -0.2) is 20.7 Å². The van der Waals surface area contributed by atoms with Crippen LogP contribution in [0, 0.1) is 0 Å². The number of nitrogens with one attached hydrogen (secondary N) is 1. The van der Waals surface area contributed by atoms with E-state index in [2.05, 4.69) is 43.4 Å². The van der Waals surface area contributed by atoms with Crippen LogP contribution in [0.25, 0.3) is 0 Å². The maximum Gasteiger partial charge on any atom is 0.258 e. The zero-order chi connectivity index (χ0) is 22.4. The summed E-state index contributed by atoms with van der Waals surface area (Å²) in [6.07, 6.45) is 0. The second kappa shape index (κ2) is 10.2. The first-order valence-corrected chi connectivity index (χ1v) is 12.5. The van der Waals surface area contributed by atoms with Gasteiger partial charge in [-0.05, 0) is 60.4 Å². The van der Waals surface area contributed by atoms with Gasteiger partial charge in [-0.3, -0.25) is 4.57 Å². The second-order valence-electron chi connectivity index (χ2n) is 8.16. The fourth-order valence-electron chi connectivity index (χ4n) is 3.57. The van der Waals surface area contributed by atoms with E-state index in [1.807, 2.05) is 80.5 Å². The van der Waals surface area contributed by atoms with Crippen LogP contribution in [0.2, 0.25) is 0 Å². The van der Waals surface area contributed by atoms with Crippen molar-refractivity contribution >= 4 is 24.0 Å². The second-order valence-corrected chi connectivity index (χ2v) is 10.6. The van der Waals surface area contributed by atoms with Gasteiger partial charge in [-0.2, -0.15) is 0 Å². The summed E-state index contributed by atoms with van der Waals surface area (Å²) in [6, 6.07) is 26.1. The number of hydrogen-bond acceptors (Lipinski definition) is 4. The van der Waals surface area contributed by atoms with Gasteiger partial charge in [-0.15, -0.1) is 0 Å². The SMILES string of the molecule is CCO[P@@](=O)(c1ccc(N(C)C)cc1)[C@H](Nc1ccccc1)c1ccc(C(C)C)cc1. The Balaban J connectivity index is 2.09. The Bertz CT molecular complexity index is 1000. The number of para-hydroxylation sites is 1. The van der Waals surface area contributed by atoms with E-state index in [4.69, 9.17) is 4.52 Å². The van der Waals surface area contributed by atoms with Gasteiger partial charge in [0.05, 0.1) is 6.61 Å². The largest absolute Gasteiger partial charge is 0.378 e. The van der Waals surface area contributed by atoms with E-state index in [-0.39, 0.29) is 0 Å². The molecule has 0 aromatic heterocycles. The highest BCUT2D eigenvalue weighted by Crippen LogP contribution is 2.59. The molecule has 1 N–H and O–H groups in total. The van der Waals surface area contributed by atoms with Crippen LogP contribution in [0.15, 0.2) is 78.9 Å². The molecule has 0 saturated heterocycles. The zero-order valence-electron chi connectivity index (χ0n) is 19.1. The molecule has 0 amide bonds. The lowest BCUT2D eigenvalue weighted by atomic mass is 10.0. The Morgan fingerprint density at radius 3 is 1.97 bits per heavy atom. The first-order chi connectivity index (χ1) is 14.8. The van der Waals surface area contributed by atoms with Gasteiger partial charge in [-0.1, -0.05) is 56.3 Å². The third-order valence-corrected chi connectivity index (χ3v) is 8.15. The third-order valence-electron chi connectivity index (χ3n) is 5.38. The molecule has 0 radical (unpaired) electrons. The molecule has 0 bridgehead atoms. The van der Waals surface area contributed by atoms with E-state index in [1.54, 1.807) is 0 Å². The molecule has 0 aliphatic carbocycles. The molecule has 31 heavy (non-hydrogen) atoms. The van der Waals surface area contributed by atoms with Crippen LogP contribution in [0.4, 0.5) is 11.4 Å². The Kier molecular flexibility index (Phi) is 7.59. The smallest absolute Gasteiger partial charge is 0.258 e. The van der Waals surface area contributed by atoms with E-state index in [9.17, 15) is 4.57 Å². The summed E-state index contributed by atoms with van der Waals surface area (Å²) in [5.41, 5.74) is 4.16. The average molecular weight is 437 g/mol. The van der Waals surface area contributed by atoms with Gasteiger partial charge in [0.2, 0.25) is 0 Å². The molecule has 2 atom stereocenters. The van der Waals surface area contributed by atoms with E-state index < -0.39 is 13.2 Å². The Morgan fingerprint density at radius 2 is 1.45 bits per heavy atom. The molecule has 0 heterocycles. The molecule has 3 aromatic rings. The van der Waals surface area contributed by atoms with Crippen molar-refractivity contribution in [2.24, 2.45) is 0 Å². The van der Waals surface area contributed by atoms with Gasteiger partial charge in [0.25, 0.3) is 7.37 Å². The lowest BCUT2D eigenvalue weighted by Crippen LogP contribution is -2.21. The van der Waals surface area contributed by atoms with Crippen molar-refractivity contribution in [2.75, 3.05) is 30.9 Å². The molecule has 0 saturated carbocycles. The quantitative estimate of drug-likeness (QED) is 0.383. The number of nitrogens with zero attached hydrogens (tertiary/aromatic N) is 1. The van der Waals surface area contributed by atoms with E-state index in [0.29, 0.717) is 17.8 Å². The van der Waals surface area contributed by atoms with Gasteiger partial charge < -0.3 is 14.7 Å². The lowest BCUT2D eigenvalue weighted by molar-refractivity contribution is 0.335. The topological polar surface area (TPSA) is 41.6 Å². The van der Waals surface area contributed by atoms with Crippen molar-refractivity contribution in [3.05, 3.63) is 90.0 Å². The maximum atomic E-state index is 14.5. The Hall–Kier alpha value is -2.55. The van der Waals surface area contributed by atoms with E-state index in [1.165, 1.54) is 5.56 Å². The van der Waals surface area contributed by atoms with Crippen molar-refractivity contribution in [2.45, 2.75) is 32.5 Å². The molecule has 0 aliphatic heterocycles. The summed E-state index contributed by atoms with van der Waals surface area (Å²) < 4.78 is 20.6. The summed E-state index contributed by atoms with van der Waals surface area (Å²) in [4.78, 5) is 2.03. The predicted octanol–water partition coefficient (Wildman–Crippen LogP) is 6.63. The van der Waals surface area contributed by atoms with E-state index >= 15 is 0 Å². The molecule has 0 fully saturated rings. The highest BCUT2D eigenvalue weighted by molar-refractivity contribution is 7.67. The highest BCUT2D eigenvalue weighted by Gasteiger charge is 2.37. The summed E-state index contributed by atoms with van der Waals surface area (Å²) in [6.45, 7) is 6.60. The minimum atomic E-state index is -3.29. The molecule has 164 valence electrons. The number of benzene rings is 3. The first-order valence-electron chi connectivity index (χ1n) is 10.8. The van der Waals surface area contributed by atoms with Crippen LogP contribution >= 0.6 is 7.37 Å². The first kappa shape index (κ1) is 23.1. The summed E-state index contributed by atoms with van der Waals surface area (Å²) >= 11 is 0. The lowest BCUT2D eigenvalue weighted by Gasteiger charge is -2.30. The molecular weight excluding hydrogens is 403 g/mol. The summed E-state index contributed by atoms with van der Waals surface area (Å²) in [5.74, 6) is -0.0619. The van der Waals surface area contributed by atoms with Gasteiger partial charge in [0.15, 0.2) is 0 Å². The summed E-state index contributed by atoms with van der Waals surface area (Å²) in [5, 5.41) is 4.22.